The monoisotopic (exact) mass is 571 g/mol. The predicted molar refractivity (Wildman–Crippen MR) is 147 cm³/mol. The number of methoxy groups -OCH3 is 2. The molecule has 1 unspecified atom stereocenters. The fourth-order valence-corrected chi connectivity index (χ4v) is 6.76. The number of amides is 1. The van der Waals surface area contributed by atoms with E-state index in [0.717, 1.165) is 24.8 Å². The molecule has 1 amide bonds. The molecule has 204 valence electrons. The van der Waals surface area contributed by atoms with Crippen molar-refractivity contribution in [3.05, 3.63) is 51.5 Å². The van der Waals surface area contributed by atoms with Crippen molar-refractivity contribution in [2.75, 3.05) is 32.3 Å². The maximum atomic E-state index is 13.7. The zero-order chi connectivity index (χ0) is 27.0. The predicted octanol–water partition coefficient (Wildman–Crippen LogP) is 6.19. The zero-order valence-corrected chi connectivity index (χ0v) is 23.9. The van der Waals surface area contributed by atoms with Crippen molar-refractivity contribution < 1.29 is 27.4 Å². The van der Waals surface area contributed by atoms with Gasteiger partial charge in [-0.05, 0) is 42.7 Å². The Kier molecular flexibility index (Phi) is 10.8. The van der Waals surface area contributed by atoms with Crippen LogP contribution in [0.4, 0.5) is 0 Å². The van der Waals surface area contributed by atoms with E-state index >= 15 is 0 Å². The number of rotatable bonds is 13. The van der Waals surface area contributed by atoms with Crippen LogP contribution in [0.5, 0.6) is 17.2 Å². The summed E-state index contributed by atoms with van der Waals surface area (Å²) in [4.78, 5) is 15.3. The smallest absolute Gasteiger partial charge is 0.254 e. The Morgan fingerprint density at radius 1 is 1.00 bits per heavy atom. The van der Waals surface area contributed by atoms with E-state index < -0.39 is 15.9 Å². The number of nitrogens with zero attached hydrogens (tertiary/aromatic N) is 1. The van der Waals surface area contributed by atoms with Crippen LogP contribution in [0.15, 0.2) is 30.3 Å². The van der Waals surface area contributed by atoms with Gasteiger partial charge in [0.1, 0.15) is 0 Å². The molecule has 3 rings (SSSR count). The van der Waals surface area contributed by atoms with Gasteiger partial charge < -0.3 is 19.1 Å². The average Bonchev–Trinajstić information content (AvgIpc) is 3.24. The Bertz CT molecular complexity index is 1160. The lowest BCUT2D eigenvalue weighted by Crippen LogP contribution is -2.40. The number of unbranched alkanes of at least 4 members (excludes halogenated alkanes) is 4. The molecule has 1 aliphatic heterocycles. The summed E-state index contributed by atoms with van der Waals surface area (Å²) in [5.41, 5.74) is 1.05. The number of hydrogen-bond acceptors (Lipinski definition) is 6. The summed E-state index contributed by atoms with van der Waals surface area (Å²) in [5, 5.41) is 0.490. The number of carbonyl (C=O) groups is 1. The van der Waals surface area contributed by atoms with Crippen molar-refractivity contribution >= 4 is 38.9 Å². The van der Waals surface area contributed by atoms with Gasteiger partial charge in [-0.3, -0.25) is 4.79 Å². The number of ether oxygens (including phenoxy) is 3. The topological polar surface area (TPSA) is 82.1 Å². The fourth-order valence-electron chi connectivity index (χ4n) is 4.43. The van der Waals surface area contributed by atoms with Gasteiger partial charge in [-0.25, -0.2) is 8.42 Å². The normalized spacial score (nSPS) is 16.4. The Balaban J connectivity index is 1.82. The SMILES string of the molecule is CCCCCCCOc1c(Cl)cc(C(=O)N(Cc2ccc(OC)c(OC)c2)C2CCS(=O)(=O)C2)cc1Cl. The first kappa shape index (κ1) is 29.4. The van der Waals surface area contributed by atoms with Gasteiger partial charge in [0.25, 0.3) is 5.91 Å². The van der Waals surface area contributed by atoms with Crippen molar-refractivity contribution in [1.29, 1.82) is 0 Å². The lowest BCUT2D eigenvalue weighted by Gasteiger charge is -2.29. The molecule has 0 N–H and O–H groups in total. The van der Waals surface area contributed by atoms with Crippen molar-refractivity contribution in [2.24, 2.45) is 0 Å². The third-order valence-corrected chi connectivity index (χ3v) is 8.76. The summed E-state index contributed by atoms with van der Waals surface area (Å²) in [7, 11) is -0.144. The van der Waals surface area contributed by atoms with Gasteiger partial charge in [0, 0.05) is 18.2 Å². The first-order valence-electron chi connectivity index (χ1n) is 12.5. The van der Waals surface area contributed by atoms with Crippen LogP contribution < -0.4 is 14.2 Å². The highest BCUT2D eigenvalue weighted by Gasteiger charge is 2.35. The van der Waals surface area contributed by atoms with E-state index in [9.17, 15) is 13.2 Å². The van der Waals surface area contributed by atoms with Crippen LogP contribution in [0, 0.1) is 0 Å². The minimum atomic E-state index is -3.22. The molecule has 0 aromatic heterocycles. The molecule has 1 saturated heterocycles. The fraction of sp³-hybridized carbons (Fsp3) is 0.519. The van der Waals surface area contributed by atoms with Crippen LogP contribution in [0.3, 0.4) is 0 Å². The number of sulfone groups is 1. The summed E-state index contributed by atoms with van der Waals surface area (Å²) >= 11 is 13.0. The minimum absolute atomic E-state index is 0.0416. The van der Waals surface area contributed by atoms with E-state index in [-0.39, 0.29) is 39.6 Å². The van der Waals surface area contributed by atoms with Crippen molar-refractivity contribution in [2.45, 2.75) is 58.0 Å². The molecule has 0 spiro atoms. The second-order valence-corrected chi connectivity index (χ2v) is 12.3. The largest absolute Gasteiger partial charge is 0.493 e. The third-order valence-electron chi connectivity index (χ3n) is 6.45. The quantitative estimate of drug-likeness (QED) is 0.266. The lowest BCUT2D eigenvalue weighted by atomic mass is 10.1. The van der Waals surface area contributed by atoms with Crippen LogP contribution >= 0.6 is 23.2 Å². The molecule has 37 heavy (non-hydrogen) atoms. The van der Waals surface area contributed by atoms with E-state index in [0.29, 0.717) is 30.3 Å². The van der Waals surface area contributed by atoms with Crippen LogP contribution in [0.25, 0.3) is 0 Å². The molecule has 10 heteroatoms. The molecule has 0 saturated carbocycles. The van der Waals surface area contributed by atoms with Gasteiger partial charge in [-0.15, -0.1) is 0 Å². The summed E-state index contributed by atoms with van der Waals surface area (Å²) in [6.45, 7) is 2.84. The number of carbonyl (C=O) groups excluding carboxylic acids is 1. The van der Waals surface area contributed by atoms with Gasteiger partial charge in [0.05, 0.1) is 42.4 Å². The molecular weight excluding hydrogens is 537 g/mol. The minimum Gasteiger partial charge on any atom is -0.493 e. The zero-order valence-electron chi connectivity index (χ0n) is 21.6. The molecule has 7 nitrogen and oxygen atoms in total. The number of hydrogen-bond donors (Lipinski definition) is 0. The molecule has 1 atom stereocenters. The molecule has 1 heterocycles. The van der Waals surface area contributed by atoms with E-state index in [1.807, 2.05) is 6.07 Å². The second-order valence-electron chi connectivity index (χ2n) is 9.21. The Morgan fingerprint density at radius 2 is 1.68 bits per heavy atom. The van der Waals surface area contributed by atoms with E-state index in [1.165, 1.54) is 32.1 Å². The highest BCUT2D eigenvalue weighted by molar-refractivity contribution is 7.91. The highest BCUT2D eigenvalue weighted by Crippen LogP contribution is 2.36. The molecule has 0 bridgehead atoms. The first-order valence-corrected chi connectivity index (χ1v) is 15.1. The maximum Gasteiger partial charge on any atom is 0.254 e. The summed E-state index contributed by atoms with van der Waals surface area (Å²) in [6.07, 6.45) is 5.84. The van der Waals surface area contributed by atoms with Crippen molar-refractivity contribution in [1.82, 2.24) is 4.90 Å². The molecule has 2 aromatic rings. The van der Waals surface area contributed by atoms with E-state index in [1.54, 1.807) is 24.1 Å². The molecule has 2 aromatic carbocycles. The standard InChI is InChI=1S/C27H35Cl2NO6S/c1-4-5-6-7-8-12-36-26-22(28)15-20(16-23(26)29)27(31)30(21-11-13-37(32,33)18-21)17-19-9-10-24(34-2)25(14-19)35-3/h9-10,14-16,21H,4-8,11-13,17-18H2,1-3H3. The molecule has 0 aliphatic carbocycles. The van der Waals surface area contributed by atoms with E-state index in [4.69, 9.17) is 37.4 Å². The Labute approximate surface area is 229 Å². The Hall–Kier alpha value is -2.16. The van der Waals surface area contributed by atoms with Gasteiger partial charge >= 0.3 is 0 Å². The molecule has 1 fully saturated rings. The van der Waals surface area contributed by atoms with Crippen LogP contribution in [0.1, 0.15) is 61.4 Å². The third kappa shape index (κ3) is 7.91. The van der Waals surface area contributed by atoms with Crippen LogP contribution in [-0.4, -0.2) is 57.6 Å². The van der Waals surface area contributed by atoms with Crippen LogP contribution in [0.2, 0.25) is 10.0 Å². The molecular formula is C27H35Cl2NO6S. The summed E-state index contributed by atoms with van der Waals surface area (Å²) in [5.74, 6) is 1.03. The summed E-state index contributed by atoms with van der Waals surface area (Å²) < 4.78 is 41.0. The van der Waals surface area contributed by atoms with Crippen LogP contribution in [-0.2, 0) is 16.4 Å². The van der Waals surface area contributed by atoms with Gasteiger partial charge in [0.15, 0.2) is 27.1 Å². The second kappa shape index (κ2) is 13.6. The summed E-state index contributed by atoms with van der Waals surface area (Å²) in [6, 6.07) is 7.95. The highest BCUT2D eigenvalue weighted by atomic mass is 35.5. The van der Waals surface area contributed by atoms with Gasteiger partial charge in [-0.2, -0.15) is 0 Å². The van der Waals surface area contributed by atoms with Crippen molar-refractivity contribution in [3.63, 3.8) is 0 Å². The van der Waals surface area contributed by atoms with Gasteiger partial charge in [-0.1, -0.05) is 61.9 Å². The number of halogens is 2. The van der Waals surface area contributed by atoms with Gasteiger partial charge in [0.2, 0.25) is 0 Å². The van der Waals surface area contributed by atoms with Crippen molar-refractivity contribution in [3.8, 4) is 17.2 Å². The Morgan fingerprint density at radius 3 is 2.27 bits per heavy atom. The first-order chi connectivity index (χ1) is 17.7. The maximum absolute atomic E-state index is 13.7. The lowest BCUT2D eigenvalue weighted by molar-refractivity contribution is 0.0680. The molecule has 1 aliphatic rings. The average molecular weight is 573 g/mol. The number of benzene rings is 2. The molecule has 0 radical (unpaired) electrons. The van der Waals surface area contributed by atoms with E-state index in [2.05, 4.69) is 6.92 Å².